The minimum absolute atomic E-state index is 0.150. The number of ether oxygens (including phenoxy) is 3. The van der Waals surface area contributed by atoms with E-state index in [0.717, 1.165) is 24.2 Å². The number of methoxy groups -OCH3 is 1. The Labute approximate surface area is 143 Å². The van der Waals surface area contributed by atoms with Crippen LogP contribution in [0.5, 0.6) is 5.75 Å². The molecule has 4 nitrogen and oxygen atoms in total. The van der Waals surface area contributed by atoms with Crippen molar-refractivity contribution in [3.8, 4) is 5.75 Å². The highest BCUT2D eigenvalue weighted by Gasteiger charge is 2.04. The number of rotatable bonds is 10. The molecule has 0 N–H and O–H groups in total. The number of esters is 1. The van der Waals surface area contributed by atoms with E-state index in [1.807, 2.05) is 42.5 Å². The van der Waals surface area contributed by atoms with E-state index in [2.05, 4.69) is 12.1 Å². The van der Waals surface area contributed by atoms with Gasteiger partial charge in [-0.15, -0.1) is 0 Å². The van der Waals surface area contributed by atoms with Crippen LogP contribution in [0.2, 0.25) is 0 Å². The van der Waals surface area contributed by atoms with Crippen molar-refractivity contribution in [2.24, 2.45) is 0 Å². The van der Waals surface area contributed by atoms with Crippen molar-refractivity contribution in [3.05, 3.63) is 65.7 Å². The lowest BCUT2D eigenvalue weighted by atomic mass is 10.1. The molecule has 0 amide bonds. The molecule has 0 fully saturated rings. The van der Waals surface area contributed by atoms with E-state index in [0.29, 0.717) is 19.4 Å². The van der Waals surface area contributed by atoms with E-state index >= 15 is 0 Å². The zero-order valence-corrected chi connectivity index (χ0v) is 14.1. The lowest BCUT2D eigenvalue weighted by Gasteiger charge is -2.07. The van der Waals surface area contributed by atoms with Crippen LogP contribution in [-0.2, 0) is 27.1 Å². The van der Waals surface area contributed by atoms with Crippen molar-refractivity contribution < 1.29 is 19.0 Å². The average Bonchev–Trinajstić information content (AvgIpc) is 2.63. The number of hydrogen-bond acceptors (Lipinski definition) is 4. The maximum Gasteiger partial charge on any atom is 0.306 e. The van der Waals surface area contributed by atoms with Crippen LogP contribution in [0, 0.1) is 0 Å². The predicted molar refractivity (Wildman–Crippen MR) is 93.0 cm³/mol. The fraction of sp³-hybridized carbons (Fsp3) is 0.350. The molecule has 0 unspecified atom stereocenters. The zero-order valence-electron chi connectivity index (χ0n) is 14.1. The van der Waals surface area contributed by atoms with Gasteiger partial charge in [-0.1, -0.05) is 42.5 Å². The minimum atomic E-state index is -0.150. The largest absolute Gasteiger partial charge is 0.468 e. The predicted octanol–water partition coefficient (Wildman–Crippen LogP) is 3.78. The molecule has 24 heavy (non-hydrogen) atoms. The Balaban J connectivity index is 1.60. The van der Waals surface area contributed by atoms with E-state index in [9.17, 15) is 4.79 Å². The molecule has 0 bridgehead atoms. The first-order valence-corrected chi connectivity index (χ1v) is 8.18. The van der Waals surface area contributed by atoms with Crippen LogP contribution in [0.3, 0.4) is 0 Å². The molecule has 0 saturated carbocycles. The molecule has 0 atom stereocenters. The molecule has 0 aliphatic carbocycles. The molecule has 0 saturated heterocycles. The van der Waals surface area contributed by atoms with Gasteiger partial charge >= 0.3 is 5.97 Å². The maximum atomic E-state index is 11.8. The van der Waals surface area contributed by atoms with Crippen molar-refractivity contribution in [2.45, 2.75) is 25.7 Å². The Hall–Kier alpha value is -2.33. The average molecular weight is 328 g/mol. The number of hydrogen-bond donors (Lipinski definition) is 0. The van der Waals surface area contributed by atoms with Gasteiger partial charge in [0.05, 0.1) is 6.61 Å². The fourth-order valence-electron chi connectivity index (χ4n) is 2.30. The summed E-state index contributed by atoms with van der Waals surface area (Å²) in [6.07, 6.45) is 2.84. The fourth-order valence-corrected chi connectivity index (χ4v) is 2.30. The molecule has 2 aromatic rings. The van der Waals surface area contributed by atoms with Crippen molar-refractivity contribution in [3.63, 3.8) is 0 Å². The van der Waals surface area contributed by atoms with Gasteiger partial charge in [-0.3, -0.25) is 4.79 Å². The monoisotopic (exact) mass is 328 g/mol. The van der Waals surface area contributed by atoms with Crippen LogP contribution in [-0.4, -0.2) is 26.5 Å². The highest BCUT2D eigenvalue weighted by molar-refractivity contribution is 5.69. The van der Waals surface area contributed by atoms with Crippen molar-refractivity contribution in [2.75, 3.05) is 20.5 Å². The summed E-state index contributed by atoms with van der Waals surface area (Å²) in [5.41, 5.74) is 2.35. The Morgan fingerprint density at radius 3 is 2.33 bits per heavy atom. The van der Waals surface area contributed by atoms with Crippen molar-refractivity contribution in [1.82, 2.24) is 0 Å². The summed E-state index contributed by atoms with van der Waals surface area (Å²) < 4.78 is 15.5. The van der Waals surface area contributed by atoms with Crippen LogP contribution >= 0.6 is 0 Å². The van der Waals surface area contributed by atoms with Crippen LogP contribution in [0.4, 0.5) is 0 Å². The van der Waals surface area contributed by atoms with Gasteiger partial charge in [0, 0.05) is 13.5 Å². The topological polar surface area (TPSA) is 44.8 Å². The van der Waals surface area contributed by atoms with Crippen molar-refractivity contribution >= 4 is 5.97 Å². The second kappa shape index (κ2) is 10.4. The second-order valence-corrected chi connectivity index (χ2v) is 5.50. The Morgan fingerprint density at radius 1 is 0.917 bits per heavy atom. The highest BCUT2D eigenvalue weighted by Crippen LogP contribution is 2.13. The first-order chi connectivity index (χ1) is 11.8. The normalized spacial score (nSPS) is 10.4. The van der Waals surface area contributed by atoms with Crippen LogP contribution in [0.25, 0.3) is 0 Å². The maximum absolute atomic E-state index is 11.8. The standard InChI is InChI=1S/C20H24O4/c1-22-16-24-19-12-9-18(10-13-19)11-14-20(21)23-15-5-8-17-6-3-2-4-7-17/h2-4,6-7,9-10,12-13H,5,8,11,14-16H2,1H3. The van der Waals surface area contributed by atoms with E-state index < -0.39 is 0 Å². The van der Waals surface area contributed by atoms with Gasteiger partial charge in [0.25, 0.3) is 0 Å². The highest BCUT2D eigenvalue weighted by atomic mass is 16.7. The molecular formula is C20H24O4. The smallest absolute Gasteiger partial charge is 0.306 e. The van der Waals surface area contributed by atoms with Crippen LogP contribution in [0.15, 0.2) is 54.6 Å². The van der Waals surface area contributed by atoms with E-state index in [4.69, 9.17) is 14.2 Å². The summed E-state index contributed by atoms with van der Waals surface area (Å²) in [6, 6.07) is 17.9. The Morgan fingerprint density at radius 2 is 1.62 bits per heavy atom. The molecule has 0 aromatic heterocycles. The SMILES string of the molecule is COCOc1ccc(CCC(=O)OCCCc2ccccc2)cc1. The third-order valence-corrected chi connectivity index (χ3v) is 3.60. The first-order valence-electron chi connectivity index (χ1n) is 8.18. The number of carbonyl (C=O) groups excluding carboxylic acids is 1. The molecule has 0 spiro atoms. The number of benzene rings is 2. The summed E-state index contributed by atoms with van der Waals surface area (Å²) in [5, 5.41) is 0. The van der Waals surface area contributed by atoms with Gasteiger partial charge in [0.1, 0.15) is 5.75 Å². The third-order valence-electron chi connectivity index (χ3n) is 3.60. The Bertz CT molecular complexity index is 593. The third kappa shape index (κ3) is 6.84. The van der Waals surface area contributed by atoms with Crippen LogP contribution < -0.4 is 4.74 Å². The van der Waals surface area contributed by atoms with Gasteiger partial charge in [0.15, 0.2) is 6.79 Å². The number of carbonyl (C=O) groups is 1. The minimum Gasteiger partial charge on any atom is -0.468 e. The Kier molecular flexibility index (Phi) is 7.84. The van der Waals surface area contributed by atoms with E-state index in [-0.39, 0.29) is 12.8 Å². The molecule has 0 radical (unpaired) electrons. The van der Waals surface area contributed by atoms with Gasteiger partial charge in [0.2, 0.25) is 0 Å². The molecule has 128 valence electrons. The first kappa shape index (κ1) is 18.0. The molecule has 0 aliphatic heterocycles. The molecule has 4 heteroatoms. The van der Waals surface area contributed by atoms with Gasteiger partial charge in [-0.2, -0.15) is 0 Å². The van der Waals surface area contributed by atoms with E-state index in [1.54, 1.807) is 7.11 Å². The molecule has 2 rings (SSSR count). The second-order valence-electron chi connectivity index (χ2n) is 5.50. The zero-order chi connectivity index (χ0) is 17.0. The summed E-state index contributed by atoms with van der Waals surface area (Å²) in [4.78, 5) is 11.8. The van der Waals surface area contributed by atoms with Gasteiger partial charge < -0.3 is 14.2 Å². The summed E-state index contributed by atoms with van der Waals surface area (Å²) in [6.45, 7) is 0.701. The quantitative estimate of drug-likeness (QED) is 0.378. The lowest BCUT2D eigenvalue weighted by molar-refractivity contribution is -0.143. The van der Waals surface area contributed by atoms with Crippen molar-refractivity contribution in [1.29, 1.82) is 0 Å². The molecule has 0 aliphatic rings. The summed E-state index contributed by atoms with van der Waals surface area (Å²) in [7, 11) is 1.58. The summed E-state index contributed by atoms with van der Waals surface area (Å²) >= 11 is 0. The van der Waals surface area contributed by atoms with Gasteiger partial charge in [-0.05, 0) is 42.5 Å². The van der Waals surface area contributed by atoms with Crippen LogP contribution in [0.1, 0.15) is 24.0 Å². The summed E-state index contributed by atoms with van der Waals surface area (Å²) in [5.74, 6) is 0.604. The van der Waals surface area contributed by atoms with Gasteiger partial charge in [-0.25, -0.2) is 0 Å². The lowest BCUT2D eigenvalue weighted by Crippen LogP contribution is -2.07. The number of aryl methyl sites for hydroxylation is 2. The molecular weight excluding hydrogens is 304 g/mol. The molecule has 0 heterocycles. The molecule has 2 aromatic carbocycles. The van der Waals surface area contributed by atoms with E-state index in [1.165, 1.54) is 5.56 Å².